The molecule has 0 radical (unpaired) electrons. The quantitative estimate of drug-likeness (QED) is 0.340. The van der Waals surface area contributed by atoms with E-state index in [2.05, 4.69) is 5.32 Å². The van der Waals surface area contributed by atoms with Crippen LogP contribution in [-0.4, -0.2) is 59.0 Å². The Hall–Kier alpha value is -3.57. The highest BCUT2D eigenvalue weighted by Gasteiger charge is 2.32. The summed E-state index contributed by atoms with van der Waals surface area (Å²) in [5, 5.41) is 11.6. The van der Waals surface area contributed by atoms with Crippen LogP contribution in [0.2, 0.25) is 0 Å². The number of carboxylic acid groups (broad SMARTS) is 1. The van der Waals surface area contributed by atoms with Crippen molar-refractivity contribution in [2.24, 2.45) is 0 Å². The van der Waals surface area contributed by atoms with Gasteiger partial charge in [0.2, 0.25) is 0 Å². The lowest BCUT2D eigenvalue weighted by molar-refractivity contribution is -0.137. The average Bonchev–Trinajstić information content (AvgIpc) is 3.10. The van der Waals surface area contributed by atoms with Gasteiger partial charge in [0.25, 0.3) is 11.8 Å². The molecule has 1 fully saturated rings. The van der Waals surface area contributed by atoms with Crippen LogP contribution in [0, 0.1) is 0 Å². The molecule has 0 spiro atoms. The van der Waals surface area contributed by atoms with Crippen molar-refractivity contribution in [1.29, 1.82) is 0 Å². The summed E-state index contributed by atoms with van der Waals surface area (Å²) in [6.07, 6.45) is 1.46. The minimum absolute atomic E-state index is 0.0200. The molecule has 0 aliphatic carbocycles. The molecule has 1 aliphatic heterocycles. The predicted octanol–water partition coefficient (Wildman–Crippen LogP) is 3.79. The number of thioether (sulfide) groups is 1. The molecule has 1 saturated heterocycles. The molecule has 2 aromatic rings. The number of carbonyl (C=O) groups is 3. The first-order valence-electron chi connectivity index (χ1n) is 10.6. The van der Waals surface area contributed by atoms with Crippen LogP contribution in [0.5, 0.6) is 17.2 Å². The molecular formula is C24H24N2O7S2. The fourth-order valence-corrected chi connectivity index (χ4v) is 4.39. The van der Waals surface area contributed by atoms with Crippen LogP contribution in [0.4, 0.5) is 5.69 Å². The van der Waals surface area contributed by atoms with E-state index < -0.39 is 5.97 Å². The maximum Gasteiger partial charge on any atom is 0.305 e. The van der Waals surface area contributed by atoms with Crippen molar-refractivity contribution < 1.29 is 33.7 Å². The first-order chi connectivity index (χ1) is 16.8. The fraction of sp³-hybridized carbons (Fsp3) is 0.250. The van der Waals surface area contributed by atoms with E-state index in [0.717, 1.165) is 11.8 Å². The van der Waals surface area contributed by atoms with E-state index >= 15 is 0 Å². The lowest BCUT2D eigenvalue weighted by Crippen LogP contribution is -2.30. The Balaban J connectivity index is 1.62. The smallest absolute Gasteiger partial charge is 0.305 e. The first kappa shape index (κ1) is 26.0. The molecule has 9 nitrogen and oxygen atoms in total. The zero-order chi connectivity index (χ0) is 25.4. The normalized spacial score (nSPS) is 14.2. The third-order valence-electron chi connectivity index (χ3n) is 4.72. The highest BCUT2D eigenvalue weighted by molar-refractivity contribution is 8.26. The number of amides is 2. The van der Waals surface area contributed by atoms with Gasteiger partial charge in [-0.15, -0.1) is 0 Å². The zero-order valence-corrected chi connectivity index (χ0v) is 20.7. The Kier molecular flexibility index (Phi) is 9.10. The predicted molar refractivity (Wildman–Crippen MR) is 137 cm³/mol. The molecule has 0 saturated carbocycles. The Morgan fingerprint density at radius 3 is 2.54 bits per heavy atom. The average molecular weight is 517 g/mol. The fourth-order valence-electron chi connectivity index (χ4n) is 3.09. The summed E-state index contributed by atoms with van der Waals surface area (Å²) in [5.74, 6) is -0.225. The summed E-state index contributed by atoms with van der Waals surface area (Å²) < 4.78 is 16.7. The van der Waals surface area contributed by atoms with E-state index in [1.165, 1.54) is 12.0 Å². The van der Waals surface area contributed by atoms with Crippen LogP contribution in [0.3, 0.4) is 0 Å². The molecule has 2 amide bonds. The molecule has 1 aliphatic rings. The standard InChI is InChI=1S/C24H24N2O7S2/c1-3-32-17-7-5-16(6-8-17)25-21(27)14-33-18-9-4-15(12-19(18)31-2)13-20-23(30)26(24(34)35-20)11-10-22(28)29/h4-9,12-13H,3,10-11,14H2,1-2H3,(H,25,27)(H,28,29)/b20-13-. The van der Waals surface area contributed by atoms with Crippen LogP contribution in [-0.2, 0) is 14.4 Å². The minimum atomic E-state index is -1.00. The van der Waals surface area contributed by atoms with Gasteiger partial charge < -0.3 is 24.6 Å². The Labute approximate surface area is 212 Å². The van der Waals surface area contributed by atoms with Crippen LogP contribution in [0.15, 0.2) is 47.4 Å². The zero-order valence-electron chi connectivity index (χ0n) is 19.1. The van der Waals surface area contributed by atoms with E-state index in [1.807, 2.05) is 6.92 Å². The Bertz CT molecular complexity index is 1150. The summed E-state index contributed by atoms with van der Waals surface area (Å²) in [7, 11) is 1.47. The number of hydrogen-bond donors (Lipinski definition) is 2. The van der Waals surface area contributed by atoms with Gasteiger partial charge in [-0.3, -0.25) is 19.3 Å². The second-order valence-corrected chi connectivity index (χ2v) is 8.86. The molecule has 11 heteroatoms. The van der Waals surface area contributed by atoms with Crippen molar-refractivity contribution in [2.45, 2.75) is 13.3 Å². The summed E-state index contributed by atoms with van der Waals surface area (Å²) >= 11 is 6.31. The highest BCUT2D eigenvalue weighted by Crippen LogP contribution is 2.34. The lowest BCUT2D eigenvalue weighted by Gasteiger charge is -2.12. The number of carboxylic acids is 1. The number of benzene rings is 2. The van der Waals surface area contributed by atoms with Gasteiger partial charge in [0.15, 0.2) is 18.1 Å². The lowest BCUT2D eigenvalue weighted by atomic mass is 10.2. The molecule has 1 heterocycles. The Morgan fingerprint density at radius 2 is 1.89 bits per heavy atom. The van der Waals surface area contributed by atoms with Crippen molar-refractivity contribution >= 4 is 57.8 Å². The van der Waals surface area contributed by atoms with Crippen LogP contribution < -0.4 is 19.5 Å². The monoisotopic (exact) mass is 516 g/mol. The van der Waals surface area contributed by atoms with Gasteiger partial charge in [-0.05, 0) is 55.0 Å². The number of nitrogens with zero attached hydrogens (tertiary/aromatic N) is 1. The van der Waals surface area contributed by atoms with E-state index in [-0.39, 0.29) is 31.4 Å². The first-order valence-corrected chi connectivity index (χ1v) is 11.8. The Morgan fingerprint density at radius 1 is 1.14 bits per heavy atom. The van der Waals surface area contributed by atoms with E-state index in [9.17, 15) is 14.4 Å². The molecule has 0 unspecified atom stereocenters. The van der Waals surface area contributed by atoms with E-state index in [1.54, 1.807) is 48.5 Å². The number of rotatable bonds is 11. The summed E-state index contributed by atoms with van der Waals surface area (Å²) in [6, 6.07) is 12.0. The summed E-state index contributed by atoms with van der Waals surface area (Å²) in [6.45, 7) is 2.24. The number of carbonyl (C=O) groups excluding carboxylic acids is 2. The SMILES string of the molecule is CCOc1ccc(NC(=O)COc2ccc(/C=C3\SC(=S)N(CCC(=O)O)C3=O)cc2OC)cc1. The minimum Gasteiger partial charge on any atom is -0.494 e. The van der Waals surface area contributed by atoms with Gasteiger partial charge in [-0.2, -0.15) is 0 Å². The summed E-state index contributed by atoms with van der Waals surface area (Å²) in [5.41, 5.74) is 1.27. The number of aliphatic carboxylic acids is 1. The van der Waals surface area contributed by atoms with Gasteiger partial charge in [0, 0.05) is 12.2 Å². The molecule has 0 bridgehead atoms. The molecule has 0 atom stereocenters. The van der Waals surface area contributed by atoms with Gasteiger partial charge in [0.05, 0.1) is 25.0 Å². The van der Waals surface area contributed by atoms with Crippen molar-refractivity contribution in [3.63, 3.8) is 0 Å². The number of anilines is 1. The number of nitrogens with one attached hydrogen (secondary N) is 1. The van der Waals surface area contributed by atoms with Crippen LogP contribution in [0.1, 0.15) is 18.9 Å². The number of thiocarbonyl (C=S) groups is 1. The number of methoxy groups -OCH3 is 1. The maximum atomic E-state index is 12.6. The second-order valence-electron chi connectivity index (χ2n) is 7.18. The molecule has 3 rings (SSSR count). The van der Waals surface area contributed by atoms with Crippen molar-refractivity contribution in [1.82, 2.24) is 4.90 Å². The molecular weight excluding hydrogens is 492 g/mol. The highest BCUT2D eigenvalue weighted by atomic mass is 32.2. The number of hydrogen-bond acceptors (Lipinski definition) is 8. The number of ether oxygens (including phenoxy) is 3. The second kappa shape index (κ2) is 12.2. The topological polar surface area (TPSA) is 114 Å². The van der Waals surface area contributed by atoms with E-state index in [4.69, 9.17) is 31.5 Å². The molecule has 2 aromatic carbocycles. The molecule has 0 aromatic heterocycles. The summed E-state index contributed by atoms with van der Waals surface area (Å²) in [4.78, 5) is 37.3. The van der Waals surface area contributed by atoms with Crippen molar-refractivity contribution in [3.05, 3.63) is 52.9 Å². The van der Waals surface area contributed by atoms with Gasteiger partial charge in [0.1, 0.15) is 10.1 Å². The van der Waals surface area contributed by atoms with E-state index in [0.29, 0.717) is 44.3 Å². The third kappa shape index (κ3) is 7.20. The van der Waals surface area contributed by atoms with Gasteiger partial charge >= 0.3 is 5.97 Å². The largest absolute Gasteiger partial charge is 0.494 e. The van der Waals surface area contributed by atoms with Crippen LogP contribution >= 0.6 is 24.0 Å². The van der Waals surface area contributed by atoms with Gasteiger partial charge in [-0.1, -0.05) is 30.0 Å². The third-order valence-corrected chi connectivity index (χ3v) is 6.09. The molecule has 184 valence electrons. The van der Waals surface area contributed by atoms with Crippen LogP contribution in [0.25, 0.3) is 6.08 Å². The molecule has 2 N–H and O–H groups in total. The van der Waals surface area contributed by atoms with Crippen molar-refractivity contribution in [2.75, 3.05) is 32.2 Å². The van der Waals surface area contributed by atoms with Crippen molar-refractivity contribution in [3.8, 4) is 17.2 Å². The van der Waals surface area contributed by atoms with Gasteiger partial charge in [-0.25, -0.2) is 0 Å². The molecule has 35 heavy (non-hydrogen) atoms. The maximum absolute atomic E-state index is 12.6.